The van der Waals surface area contributed by atoms with Crippen LogP contribution in [0.4, 0.5) is 0 Å². The second-order valence-electron chi connectivity index (χ2n) is 5.37. The first-order chi connectivity index (χ1) is 7.93. The van der Waals surface area contributed by atoms with E-state index in [2.05, 4.69) is 5.32 Å². The molecule has 0 spiro atoms. The number of piperazine rings is 1. The average molecular weight is 240 g/mol. The molecule has 2 amide bonds. The van der Waals surface area contributed by atoms with E-state index in [1.165, 1.54) is 0 Å². The van der Waals surface area contributed by atoms with Crippen molar-refractivity contribution in [3.8, 4) is 0 Å². The summed E-state index contributed by atoms with van der Waals surface area (Å²) in [5.41, 5.74) is -0.805. The molecule has 2 rings (SSSR count). The molecule has 0 radical (unpaired) electrons. The van der Waals surface area contributed by atoms with Crippen molar-refractivity contribution in [2.24, 2.45) is 0 Å². The highest BCUT2D eigenvalue weighted by molar-refractivity contribution is 5.99. The molecule has 17 heavy (non-hydrogen) atoms. The van der Waals surface area contributed by atoms with Crippen LogP contribution in [0.15, 0.2) is 0 Å². The second kappa shape index (κ2) is 4.29. The number of rotatable bonds is 1. The Morgan fingerprint density at radius 2 is 2.12 bits per heavy atom. The molecule has 2 fully saturated rings. The van der Waals surface area contributed by atoms with Crippen LogP contribution in [0.5, 0.6) is 0 Å². The standard InChI is InChI=1S/C12H20N2O3/c1-8-10(15)13-12(2,3)11(16)14(8)9-5-4-6-17-7-9/h8-9H,4-7H2,1-3H3,(H,13,15). The summed E-state index contributed by atoms with van der Waals surface area (Å²) >= 11 is 0. The van der Waals surface area contributed by atoms with Gasteiger partial charge in [-0.2, -0.15) is 0 Å². The highest BCUT2D eigenvalue weighted by Crippen LogP contribution is 2.24. The molecule has 0 aromatic rings. The summed E-state index contributed by atoms with van der Waals surface area (Å²) in [7, 11) is 0. The van der Waals surface area contributed by atoms with Crippen molar-refractivity contribution < 1.29 is 14.3 Å². The minimum absolute atomic E-state index is 0.0138. The molecule has 1 N–H and O–H groups in total. The first kappa shape index (κ1) is 12.4. The van der Waals surface area contributed by atoms with E-state index in [9.17, 15) is 9.59 Å². The van der Waals surface area contributed by atoms with Gasteiger partial charge in [-0.25, -0.2) is 0 Å². The topological polar surface area (TPSA) is 58.6 Å². The van der Waals surface area contributed by atoms with E-state index in [0.29, 0.717) is 6.61 Å². The second-order valence-corrected chi connectivity index (χ2v) is 5.37. The monoisotopic (exact) mass is 240 g/mol. The summed E-state index contributed by atoms with van der Waals surface area (Å²) in [6.07, 6.45) is 1.86. The van der Waals surface area contributed by atoms with Crippen LogP contribution in [0.25, 0.3) is 0 Å². The summed E-state index contributed by atoms with van der Waals surface area (Å²) in [5.74, 6) is -0.0970. The van der Waals surface area contributed by atoms with Crippen molar-refractivity contribution in [3.05, 3.63) is 0 Å². The Morgan fingerprint density at radius 3 is 2.71 bits per heavy atom. The number of hydrogen-bond donors (Lipinski definition) is 1. The maximum atomic E-state index is 12.4. The molecule has 0 bridgehead atoms. The predicted octanol–water partition coefficient (Wildman–Crippen LogP) is 0.291. The van der Waals surface area contributed by atoms with E-state index in [-0.39, 0.29) is 17.9 Å². The first-order valence-electron chi connectivity index (χ1n) is 6.16. The molecule has 2 atom stereocenters. The smallest absolute Gasteiger partial charge is 0.248 e. The molecule has 2 aliphatic rings. The van der Waals surface area contributed by atoms with Crippen LogP contribution >= 0.6 is 0 Å². The SMILES string of the molecule is CC1C(=O)NC(C)(C)C(=O)N1C1CCCOC1. The predicted molar refractivity (Wildman–Crippen MR) is 62.4 cm³/mol. The molecule has 5 nitrogen and oxygen atoms in total. The lowest BCUT2D eigenvalue weighted by Gasteiger charge is -2.46. The summed E-state index contributed by atoms with van der Waals surface area (Å²) in [5, 5.41) is 2.75. The lowest BCUT2D eigenvalue weighted by Crippen LogP contribution is -2.70. The fourth-order valence-electron chi connectivity index (χ4n) is 2.52. The van der Waals surface area contributed by atoms with Gasteiger partial charge in [0.2, 0.25) is 11.8 Å². The van der Waals surface area contributed by atoms with E-state index < -0.39 is 11.6 Å². The Hall–Kier alpha value is -1.10. The molecular weight excluding hydrogens is 220 g/mol. The minimum atomic E-state index is -0.805. The van der Waals surface area contributed by atoms with Crippen molar-refractivity contribution in [2.45, 2.75) is 51.2 Å². The molecule has 2 saturated heterocycles. The zero-order valence-corrected chi connectivity index (χ0v) is 10.7. The molecule has 96 valence electrons. The molecular formula is C12H20N2O3. The highest BCUT2D eigenvalue weighted by Gasteiger charge is 2.46. The average Bonchev–Trinajstić information content (AvgIpc) is 2.28. The van der Waals surface area contributed by atoms with Gasteiger partial charge in [0.15, 0.2) is 0 Å². The van der Waals surface area contributed by atoms with Gasteiger partial charge in [-0.3, -0.25) is 9.59 Å². The van der Waals surface area contributed by atoms with Crippen LogP contribution in [-0.2, 0) is 14.3 Å². The Kier molecular flexibility index (Phi) is 3.12. The number of nitrogens with zero attached hydrogens (tertiary/aromatic N) is 1. The van der Waals surface area contributed by atoms with Crippen LogP contribution in [0, 0.1) is 0 Å². The van der Waals surface area contributed by atoms with Crippen molar-refractivity contribution in [1.82, 2.24) is 10.2 Å². The Bertz CT molecular complexity index is 335. The van der Waals surface area contributed by atoms with E-state index >= 15 is 0 Å². The lowest BCUT2D eigenvalue weighted by atomic mass is 9.94. The summed E-state index contributed by atoms with van der Waals surface area (Å²) < 4.78 is 5.41. The molecule has 0 aromatic heterocycles. The minimum Gasteiger partial charge on any atom is -0.379 e. The molecule has 2 heterocycles. The van der Waals surface area contributed by atoms with E-state index in [1.54, 1.807) is 25.7 Å². The summed E-state index contributed by atoms with van der Waals surface area (Å²) in [6, 6.07) is -0.362. The van der Waals surface area contributed by atoms with Crippen molar-refractivity contribution in [3.63, 3.8) is 0 Å². The van der Waals surface area contributed by atoms with Crippen LogP contribution in [0.1, 0.15) is 33.6 Å². The van der Waals surface area contributed by atoms with Crippen molar-refractivity contribution in [1.29, 1.82) is 0 Å². The maximum Gasteiger partial charge on any atom is 0.248 e. The Morgan fingerprint density at radius 1 is 1.41 bits per heavy atom. The van der Waals surface area contributed by atoms with Crippen molar-refractivity contribution in [2.75, 3.05) is 13.2 Å². The largest absolute Gasteiger partial charge is 0.379 e. The summed E-state index contributed by atoms with van der Waals surface area (Å²) in [6.45, 7) is 6.56. The Labute approximate surface area is 101 Å². The third-order valence-corrected chi connectivity index (χ3v) is 3.53. The molecule has 0 aromatic carbocycles. The molecule has 0 saturated carbocycles. The summed E-state index contributed by atoms with van der Waals surface area (Å²) in [4.78, 5) is 25.9. The normalized spacial score (nSPS) is 33.5. The van der Waals surface area contributed by atoms with Gasteiger partial charge in [0.25, 0.3) is 0 Å². The van der Waals surface area contributed by atoms with Gasteiger partial charge in [-0.15, -0.1) is 0 Å². The third kappa shape index (κ3) is 2.16. The number of carbonyl (C=O) groups is 2. The third-order valence-electron chi connectivity index (χ3n) is 3.53. The van der Waals surface area contributed by atoms with Crippen molar-refractivity contribution >= 4 is 11.8 Å². The molecule has 2 aliphatic heterocycles. The van der Waals surface area contributed by atoms with Crippen LogP contribution in [-0.4, -0.2) is 47.6 Å². The Balaban J connectivity index is 2.22. The number of ether oxygens (including phenoxy) is 1. The number of amides is 2. The first-order valence-corrected chi connectivity index (χ1v) is 6.16. The fourth-order valence-corrected chi connectivity index (χ4v) is 2.52. The van der Waals surface area contributed by atoms with Gasteiger partial charge >= 0.3 is 0 Å². The molecule has 2 unspecified atom stereocenters. The van der Waals surface area contributed by atoms with E-state index in [4.69, 9.17) is 4.74 Å². The number of carbonyl (C=O) groups excluding carboxylic acids is 2. The number of hydrogen-bond acceptors (Lipinski definition) is 3. The van der Waals surface area contributed by atoms with Crippen LogP contribution in [0.2, 0.25) is 0 Å². The quantitative estimate of drug-likeness (QED) is 0.716. The zero-order chi connectivity index (χ0) is 12.6. The molecule has 0 aliphatic carbocycles. The van der Waals surface area contributed by atoms with Gasteiger partial charge in [-0.05, 0) is 33.6 Å². The number of nitrogens with one attached hydrogen (secondary N) is 1. The maximum absolute atomic E-state index is 12.4. The van der Waals surface area contributed by atoms with Gasteiger partial charge in [0, 0.05) is 6.61 Å². The van der Waals surface area contributed by atoms with Crippen LogP contribution in [0.3, 0.4) is 0 Å². The zero-order valence-electron chi connectivity index (χ0n) is 10.7. The van der Waals surface area contributed by atoms with Gasteiger partial charge in [0.05, 0.1) is 12.6 Å². The van der Waals surface area contributed by atoms with Gasteiger partial charge < -0.3 is 15.0 Å². The highest BCUT2D eigenvalue weighted by atomic mass is 16.5. The van der Waals surface area contributed by atoms with Gasteiger partial charge in [-0.1, -0.05) is 0 Å². The van der Waals surface area contributed by atoms with E-state index in [1.807, 2.05) is 0 Å². The van der Waals surface area contributed by atoms with Gasteiger partial charge in [0.1, 0.15) is 11.6 Å². The fraction of sp³-hybridized carbons (Fsp3) is 0.833. The van der Waals surface area contributed by atoms with E-state index in [0.717, 1.165) is 19.4 Å². The molecule has 5 heteroatoms. The van der Waals surface area contributed by atoms with Crippen LogP contribution < -0.4 is 5.32 Å². The lowest BCUT2D eigenvalue weighted by molar-refractivity contribution is -0.158.